The first-order chi connectivity index (χ1) is 21.1. The van der Waals surface area contributed by atoms with E-state index in [1.807, 2.05) is 31.1 Å². The molecule has 4 atom stereocenters. The number of allylic oxidation sites excluding steroid dienone is 2. The van der Waals surface area contributed by atoms with Crippen molar-refractivity contribution in [2.45, 2.75) is 96.2 Å². The molecule has 0 bridgehead atoms. The van der Waals surface area contributed by atoms with Gasteiger partial charge in [0.15, 0.2) is 5.78 Å². The second kappa shape index (κ2) is 13.8. The molecule has 3 aliphatic rings. The Kier molecular flexibility index (Phi) is 10.5. The number of rotatable bonds is 6. The van der Waals surface area contributed by atoms with Gasteiger partial charge in [0.25, 0.3) is 0 Å². The summed E-state index contributed by atoms with van der Waals surface area (Å²) in [6.45, 7) is 5.59. The number of fused-ring (bicyclic) bond motifs is 2. The molecule has 1 saturated heterocycles. The minimum Gasteiger partial charge on any atom is -0.444 e. The molecule has 0 aromatic heterocycles. The van der Waals surface area contributed by atoms with E-state index in [0.717, 1.165) is 24.9 Å². The van der Waals surface area contributed by atoms with Gasteiger partial charge in [0, 0.05) is 32.7 Å². The van der Waals surface area contributed by atoms with Crippen molar-refractivity contribution in [2.24, 2.45) is 11.3 Å². The predicted molar refractivity (Wildman–Crippen MR) is 172 cm³/mol. The molecule has 13 heteroatoms. The first-order valence-corrected chi connectivity index (χ1v) is 17.2. The number of benzene rings is 1. The molecule has 1 saturated carbocycles. The van der Waals surface area contributed by atoms with Gasteiger partial charge in [-0.15, -0.1) is 0 Å². The van der Waals surface area contributed by atoms with Gasteiger partial charge in [-0.2, -0.15) is 8.42 Å². The second-order valence-corrected chi connectivity index (χ2v) is 15.0. The summed E-state index contributed by atoms with van der Waals surface area (Å²) >= 11 is 0. The normalized spacial score (nSPS) is 26.8. The van der Waals surface area contributed by atoms with Gasteiger partial charge in [0.1, 0.15) is 11.6 Å². The van der Waals surface area contributed by atoms with Crippen molar-refractivity contribution < 1.29 is 32.3 Å². The third kappa shape index (κ3) is 8.99. The monoisotopic (exact) mass is 645 g/mol. The number of hydrogen-bond acceptors (Lipinski definition) is 8. The van der Waals surface area contributed by atoms with Crippen LogP contribution in [0.15, 0.2) is 36.4 Å². The van der Waals surface area contributed by atoms with Crippen molar-refractivity contribution in [1.82, 2.24) is 14.9 Å². The van der Waals surface area contributed by atoms with Crippen LogP contribution in [0.5, 0.6) is 0 Å². The number of hydrogen-bond donors (Lipinski definition) is 3. The van der Waals surface area contributed by atoms with Gasteiger partial charge in [-0.05, 0) is 89.5 Å². The van der Waals surface area contributed by atoms with Crippen LogP contribution in [0.4, 0.5) is 16.2 Å². The number of alkyl carbamates (subject to hydrolysis) is 1. The standard InChI is InChI=1S/C32H47N5O7S/c1-31(2,3)44-30(41)33-25-13-10-8-6-7-9-12-22-20-32(22,21-27(38)26-14-11-19-37(26)28(25)39)29(40)35-45(42,43)34-23-15-17-24(18-16-23)36(4)5/h9,12,15-18,22,25-26,34H,6-8,10-11,13-14,19-21H2,1-5H3,(H,33,41)(H,35,40)/b12-9-/t22-,25+,26+,32-/m1/s1. The fourth-order valence-corrected chi connectivity index (χ4v) is 7.06. The lowest BCUT2D eigenvalue weighted by Gasteiger charge is -2.30. The summed E-state index contributed by atoms with van der Waals surface area (Å²) in [6.07, 6.45) is 7.89. The summed E-state index contributed by atoms with van der Waals surface area (Å²) in [4.78, 5) is 57.2. The maximum absolute atomic E-state index is 13.8. The number of carbonyl (C=O) groups excluding carboxylic acids is 4. The molecule has 1 aromatic rings. The molecule has 12 nitrogen and oxygen atoms in total. The SMILES string of the molecule is CN(C)c1ccc(NS(=O)(=O)NC(=O)[C@]23CC(=O)[C@@H]4CCCN4C(=O)[C@@H](NC(=O)OC(C)(C)C)CCCCC/C=C\[C@@H]2C3)cc1. The van der Waals surface area contributed by atoms with Gasteiger partial charge >= 0.3 is 16.3 Å². The van der Waals surface area contributed by atoms with E-state index in [1.165, 1.54) is 4.90 Å². The van der Waals surface area contributed by atoms with Gasteiger partial charge in [-0.1, -0.05) is 25.0 Å². The number of Topliss-reactive ketones (excluding diaryl/α,β-unsaturated/α-hetero) is 1. The van der Waals surface area contributed by atoms with E-state index >= 15 is 0 Å². The summed E-state index contributed by atoms with van der Waals surface area (Å²) in [5, 5.41) is 2.72. The van der Waals surface area contributed by atoms with Crippen LogP contribution in [0.25, 0.3) is 0 Å². The highest BCUT2D eigenvalue weighted by Gasteiger charge is 2.61. The molecule has 45 heavy (non-hydrogen) atoms. The average Bonchev–Trinajstić information content (AvgIpc) is 3.39. The van der Waals surface area contributed by atoms with E-state index in [0.29, 0.717) is 44.3 Å². The van der Waals surface area contributed by atoms with Crippen molar-refractivity contribution >= 4 is 45.3 Å². The molecule has 3 N–H and O–H groups in total. The fraction of sp³-hybridized carbons (Fsp3) is 0.625. The number of ketones is 1. The average molecular weight is 646 g/mol. The highest BCUT2D eigenvalue weighted by atomic mass is 32.2. The molecule has 2 heterocycles. The van der Waals surface area contributed by atoms with Gasteiger partial charge in [0.05, 0.1) is 17.1 Å². The summed E-state index contributed by atoms with van der Waals surface area (Å²) in [7, 11) is -0.546. The first-order valence-electron chi connectivity index (χ1n) is 15.7. The molecular weight excluding hydrogens is 598 g/mol. The molecule has 2 fully saturated rings. The van der Waals surface area contributed by atoms with Gasteiger partial charge in [0.2, 0.25) is 11.8 Å². The van der Waals surface area contributed by atoms with Crippen molar-refractivity contribution in [1.29, 1.82) is 0 Å². The van der Waals surface area contributed by atoms with Crippen LogP contribution < -0.4 is 19.7 Å². The number of nitrogens with zero attached hydrogens (tertiary/aromatic N) is 2. The molecule has 248 valence electrons. The van der Waals surface area contributed by atoms with E-state index in [2.05, 4.69) is 14.8 Å². The molecule has 2 aliphatic heterocycles. The Hall–Kier alpha value is -3.61. The van der Waals surface area contributed by atoms with E-state index < -0.39 is 45.3 Å². The molecule has 1 aliphatic carbocycles. The molecular formula is C32H47N5O7S. The third-order valence-electron chi connectivity index (χ3n) is 8.57. The molecule has 0 spiro atoms. The predicted octanol–water partition coefficient (Wildman–Crippen LogP) is 3.90. The van der Waals surface area contributed by atoms with Crippen LogP contribution in [0.2, 0.25) is 0 Å². The number of nitrogens with one attached hydrogen (secondary N) is 3. The minimum absolute atomic E-state index is 0.195. The Balaban J connectivity index is 1.52. The zero-order valence-corrected chi connectivity index (χ0v) is 27.7. The van der Waals surface area contributed by atoms with Crippen LogP contribution in [0.3, 0.4) is 0 Å². The van der Waals surface area contributed by atoms with E-state index in [4.69, 9.17) is 4.74 Å². The van der Waals surface area contributed by atoms with Crippen LogP contribution in [0.1, 0.15) is 78.6 Å². The molecule has 0 unspecified atom stereocenters. The van der Waals surface area contributed by atoms with Crippen LogP contribution in [-0.4, -0.2) is 75.3 Å². The number of anilines is 2. The fourth-order valence-electron chi connectivity index (χ4n) is 6.11. The molecule has 3 amide bonds. The molecule has 0 radical (unpaired) electrons. The van der Waals surface area contributed by atoms with Gasteiger partial charge in [-0.3, -0.25) is 19.1 Å². The third-order valence-corrected chi connectivity index (χ3v) is 9.53. The van der Waals surface area contributed by atoms with Crippen molar-refractivity contribution in [3.63, 3.8) is 0 Å². The maximum atomic E-state index is 13.8. The summed E-state index contributed by atoms with van der Waals surface area (Å²) in [5.41, 5.74) is -0.795. The summed E-state index contributed by atoms with van der Waals surface area (Å²) in [5.74, 6) is -1.68. The molecule has 1 aromatic carbocycles. The number of ether oxygens (including phenoxy) is 1. The Labute approximate surface area is 266 Å². The van der Waals surface area contributed by atoms with Crippen molar-refractivity contribution in [3.05, 3.63) is 36.4 Å². The summed E-state index contributed by atoms with van der Waals surface area (Å²) < 4.78 is 35.9. The smallest absolute Gasteiger partial charge is 0.408 e. The van der Waals surface area contributed by atoms with Crippen LogP contribution >= 0.6 is 0 Å². The Morgan fingerprint density at radius 3 is 2.40 bits per heavy atom. The quantitative estimate of drug-likeness (QED) is 0.394. The van der Waals surface area contributed by atoms with Crippen molar-refractivity contribution in [3.8, 4) is 0 Å². The Morgan fingerprint density at radius 2 is 1.73 bits per heavy atom. The van der Waals surface area contributed by atoms with E-state index in [9.17, 15) is 27.6 Å². The zero-order chi connectivity index (χ0) is 33.0. The highest BCUT2D eigenvalue weighted by molar-refractivity contribution is 7.91. The largest absolute Gasteiger partial charge is 0.444 e. The molecule has 4 rings (SSSR count). The van der Waals surface area contributed by atoms with Gasteiger partial charge in [-0.25, -0.2) is 9.52 Å². The lowest BCUT2D eigenvalue weighted by atomic mass is 9.91. The first kappa shape index (κ1) is 34.3. The van der Waals surface area contributed by atoms with E-state index in [-0.39, 0.29) is 24.0 Å². The lowest BCUT2D eigenvalue weighted by Crippen LogP contribution is -2.53. The number of carbonyl (C=O) groups is 4. The highest BCUT2D eigenvalue weighted by Crippen LogP contribution is 2.57. The van der Waals surface area contributed by atoms with E-state index in [1.54, 1.807) is 45.0 Å². The lowest BCUT2D eigenvalue weighted by molar-refractivity contribution is -0.140. The van der Waals surface area contributed by atoms with Gasteiger partial charge < -0.3 is 19.9 Å². The topological polar surface area (TPSA) is 154 Å². The second-order valence-electron chi connectivity index (χ2n) is 13.5. The Bertz CT molecular complexity index is 1400. The van der Waals surface area contributed by atoms with Crippen LogP contribution in [0, 0.1) is 11.3 Å². The zero-order valence-electron chi connectivity index (χ0n) is 26.9. The van der Waals surface area contributed by atoms with Crippen LogP contribution in [-0.2, 0) is 29.3 Å². The number of amides is 3. The maximum Gasteiger partial charge on any atom is 0.408 e. The van der Waals surface area contributed by atoms with Crippen molar-refractivity contribution in [2.75, 3.05) is 30.3 Å². The Morgan fingerprint density at radius 1 is 1.02 bits per heavy atom. The summed E-state index contributed by atoms with van der Waals surface area (Å²) in [6, 6.07) is 5.10. The minimum atomic E-state index is -4.28.